The molecule has 0 bridgehead atoms. The van der Waals surface area contributed by atoms with Crippen molar-refractivity contribution in [1.29, 1.82) is 0 Å². The number of rotatable bonds is 6. The van der Waals surface area contributed by atoms with Gasteiger partial charge in [-0.15, -0.1) is 0 Å². The molecule has 1 unspecified atom stereocenters. The molecule has 0 aliphatic carbocycles. The van der Waals surface area contributed by atoms with Gasteiger partial charge in [-0.3, -0.25) is 9.59 Å². The molecule has 1 heterocycles. The lowest BCUT2D eigenvalue weighted by atomic mass is 9.97. The molecule has 26 heavy (non-hydrogen) atoms. The second-order valence-electron chi connectivity index (χ2n) is 6.31. The molecule has 0 fully saturated rings. The molecule has 3 rings (SSSR count). The zero-order valence-corrected chi connectivity index (χ0v) is 15.1. The molecule has 0 saturated carbocycles. The van der Waals surface area contributed by atoms with E-state index in [2.05, 4.69) is 16.7 Å². The highest BCUT2D eigenvalue weighted by molar-refractivity contribution is 6.30. The highest BCUT2D eigenvalue weighted by Crippen LogP contribution is 2.26. The normalized spacial score (nSPS) is 15.5. The molecule has 2 amide bonds. The molecular weight excluding hydrogens is 352 g/mol. The summed E-state index contributed by atoms with van der Waals surface area (Å²) in [5.74, 6) is 0.893. The van der Waals surface area contributed by atoms with Gasteiger partial charge in [-0.05, 0) is 42.3 Å². The van der Waals surface area contributed by atoms with Crippen molar-refractivity contribution in [1.82, 2.24) is 10.6 Å². The van der Waals surface area contributed by atoms with Crippen LogP contribution in [0.4, 0.5) is 0 Å². The summed E-state index contributed by atoms with van der Waals surface area (Å²) in [4.78, 5) is 23.9. The summed E-state index contributed by atoms with van der Waals surface area (Å²) >= 11 is 5.80. The average Bonchev–Trinajstić information content (AvgIpc) is 2.66. The largest absolute Gasteiger partial charge is 0.493 e. The van der Waals surface area contributed by atoms with Gasteiger partial charge in [0.25, 0.3) is 5.91 Å². The number of hydrogen-bond donors (Lipinski definition) is 2. The van der Waals surface area contributed by atoms with E-state index >= 15 is 0 Å². The van der Waals surface area contributed by atoms with Crippen LogP contribution in [-0.2, 0) is 11.2 Å². The van der Waals surface area contributed by atoms with Crippen LogP contribution in [0, 0.1) is 5.92 Å². The first kappa shape index (κ1) is 18.3. The molecule has 0 spiro atoms. The SMILES string of the molecule is O=C(CCNC(=O)c1ccc(Cl)cc1)NCC1COc2ccccc2C1. The Morgan fingerprint density at radius 3 is 2.65 bits per heavy atom. The Balaban J connectivity index is 1.36. The van der Waals surface area contributed by atoms with Gasteiger partial charge >= 0.3 is 0 Å². The van der Waals surface area contributed by atoms with Crippen molar-refractivity contribution in [3.63, 3.8) is 0 Å². The summed E-state index contributed by atoms with van der Waals surface area (Å²) in [5, 5.41) is 6.23. The van der Waals surface area contributed by atoms with Gasteiger partial charge in [-0.25, -0.2) is 0 Å². The first-order chi connectivity index (χ1) is 12.6. The van der Waals surface area contributed by atoms with Crippen molar-refractivity contribution in [2.24, 2.45) is 5.92 Å². The number of benzene rings is 2. The minimum atomic E-state index is -0.216. The Hall–Kier alpha value is -2.53. The molecule has 0 radical (unpaired) electrons. The maximum Gasteiger partial charge on any atom is 0.251 e. The van der Waals surface area contributed by atoms with Gasteiger partial charge < -0.3 is 15.4 Å². The van der Waals surface area contributed by atoms with Crippen LogP contribution in [0.25, 0.3) is 0 Å². The highest BCUT2D eigenvalue weighted by Gasteiger charge is 2.19. The van der Waals surface area contributed by atoms with E-state index in [0.29, 0.717) is 23.7 Å². The van der Waals surface area contributed by atoms with Gasteiger partial charge in [0.15, 0.2) is 0 Å². The van der Waals surface area contributed by atoms with Crippen molar-refractivity contribution < 1.29 is 14.3 Å². The molecule has 5 nitrogen and oxygen atoms in total. The van der Waals surface area contributed by atoms with Gasteiger partial charge in [-0.1, -0.05) is 29.8 Å². The number of carbonyl (C=O) groups excluding carboxylic acids is 2. The van der Waals surface area contributed by atoms with Gasteiger partial charge in [0.05, 0.1) is 6.61 Å². The van der Waals surface area contributed by atoms with E-state index in [1.54, 1.807) is 24.3 Å². The van der Waals surface area contributed by atoms with Crippen LogP contribution < -0.4 is 15.4 Å². The van der Waals surface area contributed by atoms with Crippen molar-refractivity contribution >= 4 is 23.4 Å². The molecule has 136 valence electrons. The minimum absolute atomic E-state index is 0.0831. The average molecular weight is 373 g/mol. The number of para-hydroxylation sites is 1. The third kappa shape index (κ3) is 4.99. The molecule has 1 atom stereocenters. The Kier molecular flexibility index (Phi) is 6.12. The fourth-order valence-corrected chi connectivity index (χ4v) is 2.99. The van der Waals surface area contributed by atoms with Crippen molar-refractivity contribution in [2.75, 3.05) is 19.7 Å². The number of ether oxygens (including phenoxy) is 1. The Labute approximate surface area is 157 Å². The fraction of sp³-hybridized carbons (Fsp3) is 0.300. The zero-order chi connectivity index (χ0) is 18.4. The molecular formula is C20H21ClN2O3. The summed E-state index contributed by atoms with van der Waals surface area (Å²) in [7, 11) is 0. The number of carbonyl (C=O) groups is 2. The number of halogens is 1. The van der Waals surface area contributed by atoms with Gasteiger partial charge in [0.1, 0.15) is 5.75 Å². The zero-order valence-electron chi connectivity index (χ0n) is 14.3. The number of nitrogens with one attached hydrogen (secondary N) is 2. The fourth-order valence-electron chi connectivity index (χ4n) is 2.86. The minimum Gasteiger partial charge on any atom is -0.493 e. The lowest BCUT2D eigenvalue weighted by molar-refractivity contribution is -0.121. The maximum atomic E-state index is 12.0. The van der Waals surface area contributed by atoms with Crippen LogP contribution in [0.3, 0.4) is 0 Å². The summed E-state index contributed by atoms with van der Waals surface area (Å²) in [6.45, 7) is 1.46. The molecule has 1 aliphatic heterocycles. The summed E-state index contributed by atoms with van der Waals surface area (Å²) in [6.07, 6.45) is 1.13. The molecule has 2 N–H and O–H groups in total. The van der Waals surface area contributed by atoms with E-state index in [4.69, 9.17) is 16.3 Å². The quantitative estimate of drug-likeness (QED) is 0.819. The first-order valence-electron chi connectivity index (χ1n) is 8.63. The molecule has 2 aromatic rings. The number of fused-ring (bicyclic) bond motifs is 1. The molecule has 2 aromatic carbocycles. The van der Waals surface area contributed by atoms with E-state index in [0.717, 1.165) is 12.2 Å². The van der Waals surface area contributed by atoms with Crippen molar-refractivity contribution in [3.05, 3.63) is 64.7 Å². The number of amides is 2. The number of hydrogen-bond acceptors (Lipinski definition) is 3. The summed E-state index contributed by atoms with van der Waals surface area (Å²) in [6, 6.07) is 14.6. The van der Waals surface area contributed by atoms with Crippen LogP contribution in [0.2, 0.25) is 5.02 Å². The van der Waals surface area contributed by atoms with Crippen LogP contribution >= 0.6 is 11.6 Å². The van der Waals surface area contributed by atoms with Crippen LogP contribution in [0.1, 0.15) is 22.3 Å². The van der Waals surface area contributed by atoms with Crippen LogP contribution in [-0.4, -0.2) is 31.5 Å². The van der Waals surface area contributed by atoms with Gasteiger partial charge in [-0.2, -0.15) is 0 Å². The second-order valence-corrected chi connectivity index (χ2v) is 6.74. The molecule has 0 aromatic heterocycles. The van der Waals surface area contributed by atoms with E-state index < -0.39 is 0 Å². The van der Waals surface area contributed by atoms with E-state index in [1.807, 2.05) is 18.2 Å². The highest BCUT2D eigenvalue weighted by atomic mass is 35.5. The molecule has 1 aliphatic rings. The third-order valence-corrected chi connectivity index (χ3v) is 4.54. The predicted molar refractivity (Wildman–Crippen MR) is 101 cm³/mol. The van der Waals surface area contributed by atoms with Gasteiger partial charge in [0.2, 0.25) is 5.91 Å². The van der Waals surface area contributed by atoms with Crippen molar-refractivity contribution in [3.8, 4) is 5.75 Å². The second kappa shape index (κ2) is 8.72. The Morgan fingerprint density at radius 1 is 1.08 bits per heavy atom. The maximum absolute atomic E-state index is 12.0. The van der Waals surface area contributed by atoms with Gasteiger partial charge in [0, 0.05) is 36.0 Å². The van der Waals surface area contributed by atoms with E-state index in [9.17, 15) is 9.59 Å². The van der Waals surface area contributed by atoms with Crippen LogP contribution in [0.15, 0.2) is 48.5 Å². The third-order valence-electron chi connectivity index (χ3n) is 4.29. The van der Waals surface area contributed by atoms with Crippen molar-refractivity contribution in [2.45, 2.75) is 12.8 Å². The molecule has 6 heteroatoms. The van der Waals surface area contributed by atoms with E-state index in [1.165, 1.54) is 5.56 Å². The summed E-state index contributed by atoms with van der Waals surface area (Å²) in [5.41, 5.74) is 1.70. The topological polar surface area (TPSA) is 67.4 Å². The lowest BCUT2D eigenvalue weighted by Crippen LogP contribution is -2.36. The lowest BCUT2D eigenvalue weighted by Gasteiger charge is -2.25. The smallest absolute Gasteiger partial charge is 0.251 e. The first-order valence-corrected chi connectivity index (χ1v) is 9.01. The molecule has 0 saturated heterocycles. The Bertz CT molecular complexity index is 777. The van der Waals surface area contributed by atoms with Crippen LogP contribution in [0.5, 0.6) is 5.75 Å². The monoisotopic (exact) mass is 372 g/mol. The predicted octanol–water partition coefficient (Wildman–Crippen LogP) is 2.83. The van der Waals surface area contributed by atoms with E-state index in [-0.39, 0.29) is 30.7 Å². The Morgan fingerprint density at radius 2 is 1.85 bits per heavy atom. The summed E-state index contributed by atoms with van der Waals surface area (Å²) < 4.78 is 5.72. The standard InChI is InChI=1S/C20H21ClN2O3/c21-17-7-5-15(6-8-17)20(25)22-10-9-19(24)23-12-14-11-16-3-1-2-4-18(16)26-13-14/h1-8,14H,9-13H2,(H,22,25)(H,23,24).